The zero-order valence-corrected chi connectivity index (χ0v) is 13.3. The number of hydrogen-bond donors (Lipinski definition) is 1. The number of likely N-dealkylation sites (N-methyl/N-ethyl adjacent to an activating group) is 1. The van der Waals surface area contributed by atoms with E-state index in [0.717, 1.165) is 0 Å². The molecule has 1 atom stereocenters. The Morgan fingerprint density at radius 2 is 2.00 bits per heavy atom. The van der Waals surface area contributed by atoms with E-state index < -0.39 is 17.1 Å². The molecule has 1 aliphatic rings. The Morgan fingerprint density at radius 1 is 1.45 bits per heavy atom. The standard InChI is InChI=1S/C14H26N2O4/c1-7-16(14(5,6)11(17)18)12(19)15-8-10(2)20-13(3,4)9-15/h10H,7-9H2,1-6H3,(H,17,18). The number of carboxylic acid groups (broad SMARTS) is 1. The number of carboxylic acids is 1. The summed E-state index contributed by atoms with van der Waals surface area (Å²) in [4.78, 5) is 27.1. The maximum absolute atomic E-state index is 12.6. The summed E-state index contributed by atoms with van der Waals surface area (Å²) in [7, 11) is 0. The quantitative estimate of drug-likeness (QED) is 0.858. The van der Waals surface area contributed by atoms with Crippen LogP contribution >= 0.6 is 0 Å². The molecule has 0 saturated carbocycles. The van der Waals surface area contributed by atoms with E-state index in [9.17, 15) is 14.7 Å². The number of aliphatic carboxylic acids is 1. The summed E-state index contributed by atoms with van der Waals surface area (Å²) in [6.07, 6.45) is -0.0608. The molecule has 1 fully saturated rings. The summed E-state index contributed by atoms with van der Waals surface area (Å²) in [6, 6.07) is -0.247. The summed E-state index contributed by atoms with van der Waals surface area (Å²) in [5.41, 5.74) is -1.64. The van der Waals surface area contributed by atoms with Crippen molar-refractivity contribution in [1.29, 1.82) is 0 Å². The molecule has 6 nitrogen and oxygen atoms in total. The molecule has 6 heteroatoms. The van der Waals surface area contributed by atoms with Gasteiger partial charge in [0.25, 0.3) is 0 Å². The molecule has 116 valence electrons. The van der Waals surface area contributed by atoms with Crippen LogP contribution in [0.3, 0.4) is 0 Å². The number of urea groups is 1. The predicted molar refractivity (Wildman–Crippen MR) is 75.7 cm³/mol. The molecular weight excluding hydrogens is 260 g/mol. The van der Waals surface area contributed by atoms with E-state index in [4.69, 9.17) is 4.74 Å². The lowest BCUT2D eigenvalue weighted by Crippen LogP contribution is -2.61. The minimum absolute atomic E-state index is 0.0608. The third-order valence-electron chi connectivity index (χ3n) is 3.59. The summed E-state index contributed by atoms with van der Waals surface area (Å²) in [5.74, 6) is -1.01. The first-order valence-electron chi connectivity index (χ1n) is 6.99. The van der Waals surface area contributed by atoms with Gasteiger partial charge in [-0.3, -0.25) is 0 Å². The normalized spacial score (nSPS) is 22.5. The van der Waals surface area contributed by atoms with Gasteiger partial charge in [0, 0.05) is 13.1 Å². The summed E-state index contributed by atoms with van der Waals surface area (Å²) < 4.78 is 5.77. The van der Waals surface area contributed by atoms with E-state index in [1.54, 1.807) is 25.7 Å². The average molecular weight is 286 g/mol. The van der Waals surface area contributed by atoms with Crippen molar-refractivity contribution in [3.63, 3.8) is 0 Å². The van der Waals surface area contributed by atoms with Crippen LogP contribution in [-0.4, -0.2) is 63.8 Å². The Labute approximate surface area is 120 Å². The Kier molecular flexibility index (Phi) is 4.69. The molecule has 0 bridgehead atoms. The number of carbonyl (C=O) groups excluding carboxylic acids is 1. The average Bonchev–Trinajstić information content (AvgIpc) is 2.26. The highest BCUT2D eigenvalue weighted by atomic mass is 16.5. The van der Waals surface area contributed by atoms with Crippen molar-refractivity contribution < 1.29 is 19.4 Å². The topological polar surface area (TPSA) is 70.1 Å². The Balaban J connectivity index is 2.94. The molecule has 1 N–H and O–H groups in total. The van der Waals surface area contributed by atoms with Crippen LogP contribution in [0, 0.1) is 0 Å². The van der Waals surface area contributed by atoms with Crippen LogP contribution in [0.2, 0.25) is 0 Å². The van der Waals surface area contributed by atoms with E-state index in [1.807, 2.05) is 20.8 Å². The van der Waals surface area contributed by atoms with E-state index in [0.29, 0.717) is 19.6 Å². The van der Waals surface area contributed by atoms with Crippen molar-refractivity contribution in [2.45, 2.75) is 58.8 Å². The fourth-order valence-corrected chi connectivity index (χ4v) is 2.66. The van der Waals surface area contributed by atoms with Gasteiger partial charge < -0.3 is 19.6 Å². The number of rotatable bonds is 3. The molecule has 0 aliphatic carbocycles. The zero-order valence-electron chi connectivity index (χ0n) is 13.3. The van der Waals surface area contributed by atoms with Crippen molar-refractivity contribution >= 4 is 12.0 Å². The molecule has 2 amide bonds. The van der Waals surface area contributed by atoms with Gasteiger partial charge in [0.2, 0.25) is 0 Å². The molecule has 1 unspecified atom stereocenters. The molecule has 0 aromatic carbocycles. The minimum Gasteiger partial charge on any atom is -0.480 e. The maximum Gasteiger partial charge on any atom is 0.329 e. The number of carbonyl (C=O) groups is 2. The Morgan fingerprint density at radius 3 is 2.40 bits per heavy atom. The number of hydrogen-bond acceptors (Lipinski definition) is 3. The summed E-state index contributed by atoms with van der Waals surface area (Å²) >= 11 is 0. The minimum atomic E-state index is -1.22. The van der Waals surface area contributed by atoms with Crippen molar-refractivity contribution in [1.82, 2.24) is 9.80 Å². The summed E-state index contributed by atoms with van der Waals surface area (Å²) in [6.45, 7) is 12.0. The van der Waals surface area contributed by atoms with E-state index >= 15 is 0 Å². The second-order valence-electron chi connectivity index (χ2n) is 6.46. The fraction of sp³-hybridized carbons (Fsp3) is 0.857. The van der Waals surface area contributed by atoms with Crippen LogP contribution in [-0.2, 0) is 9.53 Å². The van der Waals surface area contributed by atoms with Gasteiger partial charge >= 0.3 is 12.0 Å². The molecule has 20 heavy (non-hydrogen) atoms. The molecule has 1 saturated heterocycles. The lowest BCUT2D eigenvalue weighted by Gasteiger charge is -2.45. The Hall–Kier alpha value is -1.30. The smallest absolute Gasteiger partial charge is 0.329 e. The lowest BCUT2D eigenvalue weighted by atomic mass is 10.0. The van der Waals surface area contributed by atoms with Gasteiger partial charge in [0.15, 0.2) is 0 Å². The molecular formula is C14H26N2O4. The SMILES string of the molecule is CCN(C(=O)N1CC(C)OC(C)(C)C1)C(C)(C)C(=O)O. The van der Waals surface area contributed by atoms with E-state index in [-0.39, 0.29) is 12.1 Å². The maximum atomic E-state index is 12.6. The highest BCUT2D eigenvalue weighted by molar-refractivity contribution is 5.85. The highest BCUT2D eigenvalue weighted by Crippen LogP contribution is 2.24. The van der Waals surface area contributed by atoms with E-state index in [2.05, 4.69) is 0 Å². The third kappa shape index (κ3) is 3.42. The van der Waals surface area contributed by atoms with Crippen molar-refractivity contribution in [3.8, 4) is 0 Å². The van der Waals surface area contributed by atoms with Crippen LogP contribution in [0.15, 0.2) is 0 Å². The highest BCUT2D eigenvalue weighted by Gasteiger charge is 2.42. The predicted octanol–water partition coefficient (Wildman–Crippen LogP) is 1.79. The molecule has 1 aliphatic heterocycles. The number of morpholine rings is 1. The van der Waals surface area contributed by atoms with Crippen LogP contribution in [0.1, 0.15) is 41.5 Å². The van der Waals surface area contributed by atoms with Gasteiger partial charge in [-0.2, -0.15) is 0 Å². The van der Waals surface area contributed by atoms with Gasteiger partial charge in [-0.05, 0) is 41.5 Å². The largest absolute Gasteiger partial charge is 0.480 e. The number of nitrogens with zero attached hydrogens (tertiary/aromatic N) is 2. The van der Waals surface area contributed by atoms with Gasteiger partial charge in [0.1, 0.15) is 5.54 Å². The monoisotopic (exact) mass is 286 g/mol. The first-order chi connectivity index (χ1) is 9.01. The zero-order chi connectivity index (χ0) is 15.7. The first-order valence-corrected chi connectivity index (χ1v) is 6.99. The van der Waals surface area contributed by atoms with E-state index in [1.165, 1.54) is 4.90 Å². The van der Waals surface area contributed by atoms with Gasteiger partial charge in [0.05, 0.1) is 18.2 Å². The second-order valence-corrected chi connectivity index (χ2v) is 6.46. The molecule has 0 aromatic rings. The second kappa shape index (κ2) is 5.60. The van der Waals surface area contributed by atoms with Gasteiger partial charge in [-0.1, -0.05) is 0 Å². The molecule has 1 rings (SSSR count). The molecule has 0 spiro atoms. The van der Waals surface area contributed by atoms with Crippen LogP contribution in [0.5, 0.6) is 0 Å². The lowest BCUT2D eigenvalue weighted by molar-refractivity contribution is -0.149. The van der Waals surface area contributed by atoms with Crippen LogP contribution in [0.4, 0.5) is 4.79 Å². The van der Waals surface area contributed by atoms with Gasteiger partial charge in [-0.15, -0.1) is 0 Å². The third-order valence-corrected chi connectivity index (χ3v) is 3.59. The fourth-order valence-electron chi connectivity index (χ4n) is 2.66. The van der Waals surface area contributed by atoms with Crippen LogP contribution in [0.25, 0.3) is 0 Å². The van der Waals surface area contributed by atoms with Crippen molar-refractivity contribution in [2.24, 2.45) is 0 Å². The first kappa shape index (κ1) is 16.8. The van der Waals surface area contributed by atoms with Crippen molar-refractivity contribution in [2.75, 3.05) is 19.6 Å². The number of amides is 2. The molecule has 1 heterocycles. The van der Waals surface area contributed by atoms with Crippen LogP contribution < -0.4 is 0 Å². The molecule has 0 radical (unpaired) electrons. The summed E-state index contributed by atoms with van der Waals surface area (Å²) in [5, 5.41) is 9.31. The van der Waals surface area contributed by atoms with Crippen molar-refractivity contribution in [3.05, 3.63) is 0 Å². The van der Waals surface area contributed by atoms with Gasteiger partial charge in [-0.25, -0.2) is 9.59 Å². The number of ether oxygens (including phenoxy) is 1. The Bertz CT molecular complexity index is 393. The molecule has 0 aromatic heterocycles.